The summed E-state index contributed by atoms with van der Waals surface area (Å²) in [6.45, 7) is 4.56. The van der Waals surface area contributed by atoms with Crippen LogP contribution in [0.5, 0.6) is 17.2 Å². The number of carbonyl (C=O) groups is 1. The van der Waals surface area contributed by atoms with Gasteiger partial charge in [0.05, 0.1) is 18.8 Å². The summed E-state index contributed by atoms with van der Waals surface area (Å²) in [7, 11) is 0. The van der Waals surface area contributed by atoms with Crippen LogP contribution in [0, 0.1) is 0 Å². The maximum atomic E-state index is 12.8. The van der Waals surface area contributed by atoms with Crippen LogP contribution in [0.4, 0.5) is 0 Å². The molecule has 0 aliphatic carbocycles. The van der Waals surface area contributed by atoms with Gasteiger partial charge in [-0.2, -0.15) is 0 Å². The lowest BCUT2D eigenvalue weighted by Crippen LogP contribution is -2.16. The summed E-state index contributed by atoms with van der Waals surface area (Å²) in [5.41, 5.74) is 1.97. The van der Waals surface area contributed by atoms with Gasteiger partial charge in [-0.3, -0.25) is 0 Å². The first-order valence-electron chi connectivity index (χ1n) is 11.5. The predicted octanol–water partition coefficient (Wildman–Crippen LogP) is 6.29. The molecule has 1 atom stereocenters. The molecule has 1 unspecified atom stereocenters. The number of aliphatic hydroxyl groups excluding tert-OH is 1. The second-order valence-electron chi connectivity index (χ2n) is 7.93. The lowest BCUT2D eigenvalue weighted by atomic mass is 10.0. The minimum absolute atomic E-state index is 0.0938. The topological polar surface area (TPSA) is 65.0 Å². The Morgan fingerprint density at radius 1 is 0.848 bits per heavy atom. The largest absolute Gasteiger partial charge is 0.494 e. The second kappa shape index (κ2) is 12.7. The van der Waals surface area contributed by atoms with Crippen LogP contribution in [0.25, 0.3) is 11.1 Å². The molecular weight excluding hydrogens is 416 g/mol. The van der Waals surface area contributed by atoms with E-state index in [9.17, 15) is 9.90 Å². The molecule has 0 saturated carbocycles. The fourth-order valence-electron chi connectivity index (χ4n) is 3.39. The van der Waals surface area contributed by atoms with Gasteiger partial charge in [-0.1, -0.05) is 62.6 Å². The Labute approximate surface area is 195 Å². The first-order valence-corrected chi connectivity index (χ1v) is 11.5. The van der Waals surface area contributed by atoms with Gasteiger partial charge in [0, 0.05) is 11.1 Å². The fraction of sp³-hybridized carbons (Fsp3) is 0.321. The van der Waals surface area contributed by atoms with Gasteiger partial charge in [-0.25, -0.2) is 4.79 Å². The van der Waals surface area contributed by atoms with Crippen LogP contribution in [0.3, 0.4) is 0 Å². The zero-order valence-corrected chi connectivity index (χ0v) is 19.3. The smallest absolute Gasteiger partial charge is 0.343 e. The first-order chi connectivity index (χ1) is 16.1. The molecule has 5 nitrogen and oxygen atoms in total. The quantitative estimate of drug-likeness (QED) is 0.200. The third-order valence-corrected chi connectivity index (χ3v) is 5.21. The molecule has 1 N–H and O–H groups in total. The molecule has 0 radical (unpaired) electrons. The van der Waals surface area contributed by atoms with Crippen molar-refractivity contribution in [2.45, 2.75) is 45.6 Å². The van der Waals surface area contributed by atoms with E-state index in [0.717, 1.165) is 29.7 Å². The zero-order valence-electron chi connectivity index (χ0n) is 19.3. The van der Waals surface area contributed by atoms with E-state index in [4.69, 9.17) is 14.2 Å². The van der Waals surface area contributed by atoms with Gasteiger partial charge in [-0.05, 0) is 49.7 Å². The fourth-order valence-corrected chi connectivity index (χ4v) is 3.39. The Bertz CT molecular complexity index is 1010. The molecule has 5 heteroatoms. The zero-order chi connectivity index (χ0) is 23.5. The summed E-state index contributed by atoms with van der Waals surface area (Å²) >= 11 is 0. The number of unbranched alkanes of at least 4 members (excludes halogenated alkanes) is 3. The maximum Gasteiger partial charge on any atom is 0.343 e. The third kappa shape index (κ3) is 7.09. The van der Waals surface area contributed by atoms with Crippen molar-refractivity contribution in [3.63, 3.8) is 0 Å². The SMILES string of the molecule is CCCCCCOc1ccc(C(=O)Oc2ccccc2-c2ccccc2OC(C)CO)cc1. The van der Waals surface area contributed by atoms with Crippen LogP contribution in [0.1, 0.15) is 49.9 Å². The van der Waals surface area contributed by atoms with E-state index in [1.54, 1.807) is 37.3 Å². The van der Waals surface area contributed by atoms with Crippen molar-refractivity contribution < 1.29 is 24.1 Å². The molecule has 3 rings (SSSR count). The molecule has 3 aromatic rings. The average molecular weight is 449 g/mol. The molecule has 174 valence electrons. The minimum atomic E-state index is -0.445. The molecular formula is C28H32O5. The van der Waals surface area contributed by atoms with Crippen LogP contribution in [0.2, 0.25) is 0 Å². The van der Waals surface area contributed by atoms with E-state index in [1.807, 2.05) is 42.5 Å². The predicted molar refractivity (Wildman–Crippen MR) is 130 cm³/mol. The Morgan fingerprint density at radius 3 is 2.15 bits per heavy atom. The van der Waals surface area contributed by atoms with E-state index >= 15 is 0 Å². The number of carbonyl (C=O) groups excluding carboxylic acids is 1. The molecule has 0 amide bonds. The standard InChI is InChI=1S/C28H32O5/c1-3-4-5-10-19-31-23-17-15-22(16-18-23)28(30)33-27-14-9-7-12-25(27)24-11-6-8-13-26(24)32-21(2)20-29/h6-9,11-18,21,29H,3-5,10,19-20H2,1-2H3. The molecule has 0 spiro atoms. The second-order valence-corrected chi connectivity index (χ2v) is 7.93. The van der Waals surface area contributed by atoms with Gasteiger partial charge in [0.25, 0.3) is 0 Å². The highest BCUT2D eigenvalue weighted by Gasteiger charge is 2.16. The number of hydrogen-bond acceptors (Lipinski definition) is 5. The highest BCUT2D eigenvalue weighted by molar-refractivity contribution is 5.92. The monoisotopic (exact) mass is 448 g/mol. The van der Waals surface area contributed by atoms with Crippen LogP contribution < -0.4 is 14.2 Å². The molecule has 0 bridgehead atoms. The van der Waals surface area contributed by atoms with Crippen molar-refractivity contribution >= 4 is 5.97 Å². The number of hydrogen-bond donors (Lipinski definition) is 1. The summed E-state index contributed by atoms with van der Waals surface area (Å²) in [6.07, 6.45) is 4.24. The Kier molecular flexibility index (Phi) is 9.33. The Morgan fingerprint density at radius 2 is 1.48 bits per heavy atom. The minimum Gasteiger partial charge on any atom is -0.494 e. The number of para-hydroxylation sites is 2. The Hall–Kier alpha value is -3.31. The summed E-state index contributed by atoms with van der Waals surface area (Å²) in [5.74, 6) is 1.35. The van der Waals surface area contributed by atoms with E-state index in [2.05, 4.69) is 6.92 Å². The third-order valence-electron chi connectivity index (χ3n) is 5.21. The molecule has 0 heterocycles. The molecule has 3 aromatic carbocycles. The van der Waals surface area contributed by atoms with E-state index < -0.39 is 5.97 Å². The molecule has 0 aliphatic rings. The molecule has 0 fully saturated rings. The van der Waals surface area contributed by atoms with Crippen molar-refractivity contribution in [1.82, 2.24) is 0 Å². The van der Waals surface area contributed by atoms with E-state index in [-0.39, 0.29) is 12.7 Å². The number of rotatable bonds is 12. The summed E-state index contributed by atoms with van der Waals surface area (Å²) in [6, 6.07) is 21.8. The normalized spacial score (nSPS) is 11.6. The highest BCUT2D eigenvalue weighted by Crippen LogP contribution is 2.37. The van der Waals surface area contributed by atoms with Gasteiger partial charge in [0.2, 0.25) is 0 Å². The van der Waals surface area contributed by atoms with E-state index in [0.29, 0.717) is 23.7 Å². The van der Waals surface area contributed by atoms with Crippen LogP contribution in [-0.4, -0.2) is 30.4 Å². The average Bonchev–Trinajstić information content (AvgIpc) is 2.85. The summed E-state index contributed by atoms with van der Waals surface area (Å²) < 4.78 is 17.4. The summed E-state index contributed by atoms with van der Waals surface area (Å²) in [4.78, 5) is 12.8. The highest BCUT2D eigenvalue weighted by atomic mass is 16.5. The van der Waals surface area contributed by atoms with Crippen molar-refractivity contribution in [2.75, 3.05) is 13.2 Å². The van der Waals surface area contributed by atoms with Crippen molar-refractivity contribution in [2.24, 2.45) is 0 Å². The van der Waals surface area contributed by atoms with Crippen molar-refractivity contribution in [3.05, 3.63) is 78.4 Å². The van der Waals surface area contributed by atoms with Crippen molar-refractivity contribution in [1.29, 1.82) is 0 Å². The number of ether oxygens (including phenoxy) is 3. The number of esters is 1. The van der Waals surface area contributed by atoms with Gasteiger partial charge in [0.1, 0.15) is 23.4 Å². The lowest BCUT2D eigenvalue weighted by molar-refractivity contribution is 0.0735. The Balaban J connectivity index is 1.71. The maximum absolute atomic E-state index is 12.8. The van der Waals surface area contributed by atoms with Gasteiger partial charge in [-0.15, -0.1) is 0 Å². The van der Waals surface area contributed by atoms with Crippen LogP contribution in [-0.2, 0) is 0 Å². The molecule has 0 aliphatic heterocycles. The number of benzene rings is 3. The number of aliphatic hydroxyl groups is 1. The first kappa shape index (κ1) is 24.3. The van der Waals surface area contributed by atoms with Gasteiger partial charge < -0.3 is 19.3 Å². The van der Waals surface area contributed by atoms with Crippen LogP contribution >= 0.6 is 0 Å². The van der Waals surface area contributed by atoms with Crippen LogP contribution in [0.15, 0.2) is 72.8 Å². The van der Waals surface area contributed by atoms with E-state index in [1.165, 1.54) is 12.8 Å². The van der Waals surface area contributed by atoms with Gasteiger partial charge in [0.15, 0.2) is 0 Å². The summed E-state index contributed by atoms with van der Waals surface area (Å²) in [5, 5.41) is 9.36. The lowest BCUT2D eigenvalue weighted by Gasteiger charge is -2.17. The molecule has 0 aromatic heterocycles. The van der Waals surface area contributed by atoms with Crippen molar-refractivity contribution in [3.8, 4) is 28.4 Å². The van der Waals surface area contributed by atoms with Gasteiger partial charge >= 0.3 is 5.97 Å². The molecule has 33 heavy (non-hydrogen) atoms. The molecule has 0 saturated heterocycles.